The van der Waals surface area contributed by atoms with E-state index in [0.29, 0.717) is 0 Å². The second kappa shape index (κ2) is 6.59. The number of hydrogen-bond donors (Lipinski definition) is 0. The second-order valence-electron chi connectivity index (χ2n) is 3.19. The van der Waals surface area contributed by atoms with Crippen molar-refractivity contribution >= 4 is 31.9 Å². The maximum atomic E-state index is 3.49. The van der Waals surface area contributed by atoms with Crippen LogP contribution in [0.2, 0.25) is 0 Å². The van der Waals surface area contributed by atoms with Gasteiger partial charge in [0.25, 0.3) is 0 Å². The summed E-state index contributed by atoms with van der Waals surface area (Å²) in [5, 5.41) is 1.04. The van der Waals surface area contributed by atoms with Crippen molar-refractivity contribution in [3.05, 3.63) is 34.3 Å². The highest BCUT2D eigenvalue weighted by Crippen LogP contribution is 2.13. The van der Waals surface area contributed by atoms with Crippen LogP contribution < -0.4 is 0 Å². The summed E-state index contributed by atoms with van der Waals surface area (Å²) in [7, 11) is 0. The summed E-state index contributed by atoms with van der Waals surface area (Å²) in [5.41, 5.74) is 1.36. The Morgan fingerprint density at radius 2 is 2.14 bits per heavy atom. The molecule has 0 amide bonds. The number of benzene rings is 1. The molecule has 0 radical (unpaired) electrons. The Balaban J connectivity index is 2.57. The molecule has 0 saturated carbocycles. The monoisotopic (exact) mass is 319 g/mol. The van der Waals surface area contributed by atoms with E-state index in [1.807, 2.05) is 0 Å². The van der Waals surface area contributed by atoms with E-state index in [0.717, 1.165) is 29.4 Å². The van der Waals surface area contributed by atoms with Gasteiger partial charge in [-0.2, -0.15) is 0 Å². The zero-order valence-corrected chi connectivity index (χ0v) is 11.5. The van der Waals surface area contributed by atoms with E-state index >= 15 is 0 Å². The van der Waals surface area contributed by atoms with Crippen molar-refractivity contribution in [2.24, 2.45) is 0 Å². The maximum Gasteiger partial charge on any atom is 0.0234 e. The highest BCUT2D eigenvalue weighted by atomic mass is 79.9. The first-order valence-electron chi connectivity index (χ1n) is 4.79. The highest BCUT2D eigenvalue weighted by molar-refractivity contribution is 9.10. The van der Waals surface area contributed by atoms with E-state index in [4.69, 9.17) is 0 Å². The lowest BCUT2D eigenvalue weighted by molar-refractivity contribution is 0.299. The molecule has 0 aliphatic heterocycles. The average molecular weight is 321 g/mol. The molecular formula is C11H15Br2N. The molecule has 0 aliphatic rings. The fourth-order valence-electron chi connectivity index (χ4n) is 1.36. The molecule has 0 atom stereocenters. The molecule has 78 valence electrons. The van der Waals surface area contributed by atoms with Crippen LogP contribution >= 0.6 is 31.9 Å². The Labute approximate surface area is 103 Å². The van der Waals surface area contributed by atoms with Crippen molar-refractivity contribution < 1.29 is 0 Å². The molecule has 3 heteroatoms. The van der Waals surface area contributed by atoms with E-state index < -0.39 is 0 Å². The number of rotatable bonds is 5. The van der Waals surface area contributed by atoms with E-state index in [1.54, 1.807) is 0 Å². The van der Waals surface area contributed by atoms with Gasteiger partial charge in [-0.3, -0.25) is 4.90 Å². The fourth-order valence-corrected chi connectivity index (χ4v) is 2.31. The Hall–Kier alpha value is 0.140. The Bertz CT molecular complexity index is 276. The molecule has 0 unspecified atom stereocenters. The lowest BCUT2D eigenvalue weighted by Crippen LogP contribution is -2.24. The van der Waals surface area contributed by atoms with Crippen LogP contribution in [0.25, 0.3) is 0 Å². The number of alkyl halides is 1. The fraction of sp³-hybridized carbons (Fsp3) is 0.455. The summed E-state index contributed by atoms with van der Waals surface area (Å²) in [5.74, 6) is 0. The smallest absolute Gasteiger partial charge is 0.0234 e. The SMILES string of the molecule is CCN(CCBr)Cc1cccc(Br)c1. The van der Waals surface area contributed by atoms with Gasteiger partial charge in [0.2, 0.25) is 0 Å². The third-order valence-corrected chi connectivity index (χ3v) is 2.99. The van der Waals surface area contributed by atoms with Gasteiger partial charge >= 0.3 is 0 Å². The first-order valence-corrected chi connectivity index (χ1v) is 6.70. The van der Waals surface area contributed by atoms with Crippen molar-refractivity contribution in [3.63, 3.8) is 0 Å². The lowest BCUT2D eigenvalue weighted by Gasteiger charge is -2.19. The van der Waals surface area contributed by atoms with E-state index in [-0.39, 0.29) is 0 Å². The molecular weight excluding hydrogens is 306 g/mol. The number of halogens is 2. The van der Waals surface area contributed by atoms with Gasteiger partial charge in [0, 0.05) is 22.9 Å². The van der Waals surface area contributed by atoms with Gasteiger partial charge in [-0.25, -0.2) is 0 Å². The zero-order chi connectivity index (χ0) is 10.4. The summed E-state index contributed by atoms with van der Waals surface area (Å²) < 4.78 is 1.16. The van der Waals surface area contributed by atoms with Gasteiger partial charge in [-0.1, -0.05) is 50.9 Å². The van der Waals surface area contributed by atoms with Gasteiger partial charge in [0.1, 0.15) is 0 Å². The molecule has 0 aliphatic carbocycles. The Morgan fingerprint density at radius 1 is 1.36 bits per heavy atom. The van der Waals surface area contributed by atoms with Crippen LogP contribution in [-0.4, -0.2) is 23.3 Å². The molecule has 0 N–H and O–H groups in total. The normalized spacial score (nSPS) is 10.9. The molecule has 0 aromatic heterocycles. The first-order chi connectivity index (χ1) is 6.76. The predicted molar refractivity (Wildman–Crippen MR) is 68.9 cm³/mol. The maximum absolute atomic E-state index is 3.49. The molecule has 1 rings (SSSR count). The topological polar surface area (TPSA) is 3.24 Å². The predicted octanol–water partition coefficient (Wildman–Crippen LogP) is 3.67. The molecule has 1 aromatic rings. The van der Waals surface area contributed by atoms with Crippen LogP contribution in [0.15, 0.2) is 28.7 Å². The van der Waals surface area contributed by atoms with E-state index in [1.165, 1.54) is 5.56 Å². The average Bonchev–Trinajstić information content (AvgIpc) is 2.17. The Kier molecular flexibility index (Phi) is 5.75. The molecule has 14 heavy (non-hydrogen) atoms. The molecule has 0 saturated heterocycles. The molecule has 1 nitrogen and oxygen atoms in total. The molecule has 0 heterocycles. The summed E-state index contributed by atoms with van der Waals surface area (Å²) >= 11 is 6.95. The molecule has 0 bridgehead atoms. The van der Waals surface area contributed by atoms with Gasteiger partial charge in [-0.05, 0) is 24.2 Å². The third-order valence-electron chi connectivity index (χ3n) is 2.14. The minimum Gasteiger partial charge on any atom is -0.299 e. The third kappa shape index (κ3) is 4.11. The van der Waals surface area contributed by atoms with Crippen molar-refractivity contribution in [1.82, 2.24) is 4.90 Å². The van der Waals surface area contributed by atoms with Crippen molar-refractivity contribution in [2.75, 3.05) is 18.4 Å². The standard InChI is InChI=1S/C11H15Br2N/c1-2-14(7-6-12)9-10-4-3-5-11(13)8-10/h3-5,8H,2,6-7,9H2,1H3. The molecule has 0 fully saturated rings. The molecule has 1 aromatic carbocycles. The minimum atomic E-state index is 1.03. The van der Waals surface area contributed by atoms with Gasteiger partial charge < -0.3 is 0 Å². The summed E-state index contributed by atoms with van der Waals surface area (Å²) in [4.78, 5) is 2.41. The number of hydrogen-bond acceptors (Lipinski definition) is 1. The van der Waals surface area contributed by atoms with Crippen LogP contribution in [0.4, 0.5) is 0 Å². The van der Waals surface area contributed by atoms with Crippen LogP contribution in [0.3, 0.4) is 0 Å². The summed E-state index contributed by atoms with van der Waals surface area (Å²) in [6, 6.07) is 8.49. The number of nitrogens with zero attached hydrogens (tertiary/aromatic N) is 1. The van der Waals surface area contributed by atoms with E-state index in [9.17, 15) is 0 Å². The zero-order valence-electron chi connectivity index (χ0n) is 8.34. The summed E-state index contributed by atoms with van der Waals surface area (Å²) in [6.45, 7) is 5.42. The van der Waals surface area contributed by atoms with Crippen LogP contribution in [0, 0.1) is 0 Å². The Morgan fingerprint density at radius 3 is 2.71 bits per heavy atom. The van der Waals surface area contributed by atoms with Gasteiger partial charge in [0.15, 0.2) is 0 Å². The first kappa shape index (κ1) is 12.2. The van der Waals surface area contributed by atoms with Crippen LogP contribution in [-0.2, 0) is 6.54 Å². The van der Waals surface area contributed by atoms with Gasteiger partial charge in [-0.15, -0.1) is 0 Å². The lowest BCUT2D eigenvalue weighted by atomic mass is 10.2. The second-order valence-corrected chi connectivity index (χ2v) is 4.90. The highest BCUT2D eigenvalue weighted by Gasteiger charge is 2.02. The minimum absolute atomic E-state index is 1.03. The van der Waals surface area contributed by atoms with E-state index in [2.05, 4.69) is 67.9 Å². The van der Waals surface area contributed by atoms with Crippen molar-refractivity contribution in [1.29, 1.82) is 0 Å². The van der Waals surface area contributed by atoms with Crippen molar-refractivity contribution in [2.45, 2.75) is 13.5 Å². The van der Waals surface area contributed by atoms with Crippen molar-refractivity contribution in [3.8, 4) is 0 Å². The largest absolute Gasteiger partial charge is 0.299 e. The van der Waals surface area contributed by atoms with Crippen LogP contribution in [0.1, 0.15) is 12.5 Å². The van der Waals surface area contributed by atoms with Crippen LogP contribution in [0.5, 0.6) is 0 Å². The van der Waals surface area contributed by atoms with Gasteiger partial charge in [0.05, 0.1) is 0 Å². The summed E-state index contributed by atoms with van der Waals surface area (Å²) in [6.07, 6.45) is 0. The molecule has 0 spiro atoms. The quantitative estimate of drug-likeness (QED) is 0.748.